The molecule has 4 heterocycles. The van der Waals surface area contributed by atoms with Crippen LogP contribution in [0, 0.1) is 0 Å². The van der Waals surface area contributed by atoms with Gasteiger partial charge >= 0.3 is 0 Å². The molecule has 11 heteroatoms. The predicted octanol–water partition coefficient (Wildman–Crippen LogP) is 4.44. The van der Waals surface area contributed by atoms with Crippen LogP contribution in [0.25, 0.3) is 22.3 Å². The van der Waals surface area contributed by atoms with Gasteiger partial charge in [0, 0.05) is 46.9 Å². The SMILES string of the molecule is O=S(=O)(NC1CCC(Nc2nc(Cl)cc(-c3c[nH]c4ncccc34)n2)CC1)c1ccsc1. The third-order valence-electron chi connectivity index (χ3n) is 5.61. The van der Waals surface area contributed by atoms with Crippen molar-refractivity contribution in [3.05, 3.63) is 52.6 Å². The van der Waals surface area contributed by atoms with E-state index in [0.29, 0.717) is 21.7 Å². The maximum Gasteiger partial charge on any atom is 0.241 e. The van der Waals surface area contributed by atoms with Crippen molar-refractivity contribution in [1.82, 2.24) is 24.7 Å². The molecule has 1 aliphatic carbocycles. The number of fused-ring (bicyclic) bond motifs is 1. The average molecular weight is 489 g/mol. The molecule has 1 fully saturated rings. The maximum atomic E-state index is 12.5. The third kappa shape index (κ3) is 4.49. The second kappa shape index (κ2) is 8.78. The van der Waals surface area contributed by atoms with Gasteiger partial charge in [-0.2, -0.15) is 11.3 Å². The summed E-state index contributed by atoms with van der Waals surface area (Å²) in [5.41, 5.74) is 2.41. The summed E-state index contributed by atoms with van der Waals surface area (Å²) in [6, 6.07) is 7.29. The van der Waals surface area contributed by atoms with Crippen molar-refractivity contribution in [3.63, 3.8) is 0 Å². The van der Waals surface area contributed by atoms with Gasteiger partial charge < -0.3 is 10.3 Å². The number of anilines is 1. The Balaban J connectivity index is 1.26. The molecule has 1 saturated carbocycles. The zero-order chi connectivity index (χ0) is 22.1. The number of hydrogen-bond donors (Lipinski definition) is 3. The van der Waals surface area contributed by atoms with Crippen molar-refractivity contribution in [1.29, 1.82) is 0 Å². The summed E-state index contributed by atoms with van der Waals surface area (Å²) in [4.78, 5) is 16.8. The number of hydrogen-bond acceptors (Lipinski definition) is 7. The van der Waals surface area contributed by atoms with Gasteiger partial charge in [0.1, 0.15) is 10.8 Å². The molecule has 0 radical (unpaired) electrons. The topological polar surface area (TPSA) is 113 Å². The van der Waals surface area contributed by atoms with Crippen LogP contribution < -0.4 is 10.0 Å². The summed E-state index contributed by atoms with van der Waals surface area (Å²) in [6.07, 6.45) is 6.69. The summed E-state index contributed by atoms with van der Waals surface area (Å²) < 4.78 is 27.7. The van der Waals surface area contributed by atoms with E-state index in [2.05, 4.69) is 30.0 Å². The highest BCUT2D eigenvalue weighted by Crippen LogP contribution is 2.29. The van der Waals surface area contributed by atoms with Crippen molar-refractivity contribution in [2.45, 2.75) is 42.7 Å². The number of aromatic amines is 1. The van der Waals surface area contributed by atoms with Crippen LogP contribution >= 0.6 is 22.9 Å². The van der Waals surface area contributed by atoms with Crippen LogP contribution in [0.5, 0.6) is 0 Å². The lowest BCUT2D eigenvalue weighted by Crippen LogP contribution is -2.40. The van der Waals surface area contributed by atoms with Gasteiger partial charge in [-0.05, 0) is 49.3 Å². The summed E-state index contributed by atoms with van der Waals surface area (Å²) in [5, 5.41) is 8.11. The van der Waals surface area contributed by atoms with Gasteiger partial charge in [0.25, 0.3) is 0 Å². The van der Waals surface area contributed by atoms with Gasteiger partial charge in [-0.25, -0.2) is 28.1 Å². The van der Waals surface area contributed by atoms with Gasteiger partial charge in [0.15, 0.2) is 0 Å². The van der Waals surface area contributed by atoms with Crippen molar-refractivity contribution >= 4 is 49.9 Å². The van der Waals surface area contributed by atoms with Gasteiger partial charge in [-0.3, -0.25) is 0 Å². The second-order valence-corrected chi connectivity index (χ2v) is 10.7. The van der Waals surface area contributed by atoms with E-state index >= 15 is 0 Å². The number of aromatic nitrogens is 4. The second-order valence-electron chi connectivity index (χ2n) is 7.77. The number of halogens is 1. The Morgan fingerprint density at radius 1 is 1.12 bits per heavy atom. The normalized spacial score (nSPS) is 19.3. The summed E-state index contributed by atoms with van der Waals surface area (Å²) in [5.74, 6) is 0.466. The van der Waals surface area contributed by atoms with E-state index in [9.17, 15) is 8.42 Å². The van der Waals surface area contributed by atoms with E-state index in [-0.39, 0.29) is 12.1 Å². The molecule has 0 saturated heterocycles. The fourth-order valence-corrected chi connectivity index (χ4v) is 6.54. The minimum absolute atomic E-state index is 0.0764. The zero-order valence-electron chi connectivity index (χ0n) is 17.0. The Labute approximate surface area is 194 Å². The number of rotatable bonds is 6. The van der Waals surface area contributed by atoms with E-state index in [1.165, 1.54) is 11.3 Å². The minimum Gasteiger partial charge on any atom is -0.351 e. The highest BCUT2D eigenvalue weighted by atomic mass is 35.5. The van der Waals surface area contributed by atoms with Crippen molar-refractivity contribution in [3.8, 4) is 11.3 Å². The smallest absolute Gasteiger partial charge is 0.241 e. The molecule has 0 aromatic carbocycles. The van der Waals surface area contributed by atoms with Crippen LogP contribution in [-0.4, -0.2) is 40.4 Å². The summed E-state index contributed by atoms with van der Waals surface area (Å²) in [6.45, 7) is 0. The number of pyridine rings is 1. The van der Waals surface area contributed by atoms with Gasteiger partial charge in [0.2, 0.25) is 16.0 Å². The first-order valence-electron chi connectivity index (χ1n) is 10.3. The van der Waals surface area contributed by atoms with Crippen molar-refractivity contribution in [2.75, 3.05) is 5.32 Å². The monoisotopic (exact) mass is 488 g/mol. The van der Waals surface area contributed by atoms with Crippen LogP contribution in [0.15, 0.2) is 52.3 Å². The molecule has 4 aromatic rings. The molecule has 0 amide bonds. The standard InChI is InChI=1S/C21H21ClN6O2S2/c22-19-10-18(17-11-24-20-16(17)2-1-8-23-20)26-21(27-19)25-13-3-5-14(6-4-13)28-32(29,30)15-7-9-31-12-15/h1-2,7-14,28H,3-6H2,(H,23,24)(H,25,26,27). The van der Waals surface area contributed by atoms with Gasteiger partial charge in [0.05, 0.1) is 10.6 Å². The van der Waals surface area contributed by atoms with Gasteiger partial charge in [-0.15, -0.1) is 0 Å². The molecule has 32 heavy (non-hydrogen) atoms. The molecule has 166 valence electrons. The predicted molar refractivity (Wildman–Crippen MR) is 126 cm³/mol. The van der Waals surface area contributed by atoms with Crippen LogP contribution in [0.2, 0.25) is 5.15 Å². The van der Waals surface area contributed by atoms with Crippen LogP contribution in [0.1, 0.15) is 25.7 Å². The first-order valence-corrected chi connectivity index (χ1v) is 13.1. The Morgan fingerprint density at radius 3 is 2.72 bits per heavy atom. The molecule has 8 nitrogen and oxygen atoms in total. The third-order valence-corrected chi connectivity index (χ3v) is 8.15. The van der Waals surface area contributed by atoms with E-state index in [4.69, 9.17) is 11.6 Å². The fraction of sp³-hybridized carbons (Fsp3) is 0.286. The highest BCUT2D eigenvalue weighted by molar-refractivity contribution is 7.89. The summed E-state index contributed by atoms with van der Waals surface area (Å²) >= 11 is 7.66. The molecule has 3 N–H and O–H groups in total. The lowest BCUT2D eigenvalue weighted by molar-refractivity contribution is 0.386. The quantitative estimate of drug-likeness (QED) is 0.346. The van der Waals surface area contributed by atoms with Gasteiger partial charge in [-0.1, -0.05) is 11.6 Å². The van der Waals surface area contributed by atoms with E-state index in [1.807, 2.05) is 18.3 Å². The van der Waals surface area contributed by atoms with Crippen molar-refractivity contribution in [2.24, 2.45) is 0 Å². The van der Waals surface area contributed by atoms with Crippen LogP contribution in [0.4, 0.5) is 5.95 Å². The minimum atomic E-state index is -3.46. The molecule has 0 unspecified atom stereocenters. The Kier molecular flexibility index (Phi) is 5.85. The molecule has 5 rings (SSSR count). The molecular weight excluding hydrogens is 468 g/mol. The molecule has 0 aliphatic heterocycles. The fourth-order valence-electron chi connectivity index (χ4n) is 4.02. The molecule has 0 bridgehead atoms. The molecule has 0 spiro atoms. The largest absolute Gasteiger partial charge is 0.351 e. The van der Waals surface area contributed by atoms with E-state index < -0.39 is 10.0 Å². The molecular formula is C21H21ClN6O2S2. The summed E-state index contributed by atoms with van der Waals surface area (Å²) in [7, 11) is -3.46. The number of nitrogens with one attached hydrogen (secondary N) is 3. The number of H-pyrrole nitrogens is 1. The Bertz CT molecular complexity index is 1330. The first kappa shape index (κ1) is 21.3. The maximum absolute atomic E-state index is 12.5. The van der Waals surface area contributed by atoms with Crippen LogP contribution in [0.3, 0.4) is 0 Å². The average Bonchev–Trinajstić information content (AvgIpc) is 3.45. The Hall–Kier alpha value is -2.53. The zero-order valence-corrected chi connectivity index (χ0v) is 19.3. The number of sulfonamides is 1. The van der Waals surface area contributed by atoms with Crippen molar-refractivity contribution < 1.29 is 8.42 Å². The number of nitrogens with zero attached hydrogens (tertiary/aromatic N) is 3. The lowest BCUT2D eigenvalue weighted by atomic mass is 9.92. The van der Waals surface area contributed by atoms with E-state index in [0.717, 1.165) is 42.3 Å². The molecule has 4 aromatic heterocycles. The molecule has 0 atom stereocenters. The number of thiophene rings is 1. The molecule has 1 aliphatic rings. The highest BCUT2D eigenvalue weighted by Gasteiger charge is 2.26. The lowest BCUT2D eigenvalue weighted by Gasteiger charge is -2.29. The van der Waals surface area contributed by atoms with E-state index in [1.54, 1.807) is 29.1 Å². The first-order chi connectivity index (χ1) is 15.5. The van der Waals surface area contributed by atoms with Crippen LogP contribution in [-0.2, 0) is 10.0 Å². The Morgan fingerprint density at radius 2 is 1.94 bits per heavy atom.